The molecule has 0 spiro atoms. The van der Waals surface area contributed by atoms with Crippen LogP contribution in [0.2, 0.25) is 0 Å². The van der Waals surface area contributed by atoms with E-state index in [0.717, 1.165) is 5.56 Å². The highest BCUT2D eigenvalue weighted by molar-refractivity contribution is 7.94. The van der Waals surface area contributed by atoms with Crippen molar-refractivity contribution in [2.24, 2.45) is 4.99 Å². The summed E-state index contributed by atoms with van der Waals surface area (Å²) in [5.74, 6) is -1.06. The number of rotatable bonds is 8. The zero-order chi connectivity index (χ0) is 26.0. The molecule has 4 rings (SSSR count). The quantitative estimate of drug-likeness (QED) is 0.416. The van der Waals surface area contributed by atoms with E-state index in [4.69, 9.17) is 14.5 Å². The van der Waals surface area contributed by atoms with Crippen LogP contribution in [0.15, 0.2) is 83.9 Å². The van der Waals surface area contributed by atoms with Crippen LogP contribution in [0, 0.1) is 11.6 Å². The Kier molecular flexibility index (Phi) is 7.41. The minimum absolute atomic E-state index is 0.115. The van der Waals surface area contributed by atoms with Gasteiger partial charge in [-0.25, -0.2) is 17.2 Å². The summed E-state index contributed by atoms with van der Waals surface area (Å²) in [6.45, 7) is 2.93. The third kappa shape index (κ3) is 4.38. The number of aliphatic imine (C=N–C) groups is 1. The molecule has 3 aromatic carbocycles. The van der Waals surface area contributed by atoms with E-state index in [0.29, 0.717) is 5.56 Å². The summed E-state index contributed by atoms with van der Waals surface area (Å²) in [4.78, 5) is 4.92. The largest absolute Gasteiger partial charge is 0.383 e. The molecule has 1 aliphatic heterocycles. The fourth-order valence-electron chi connectivity index (χ4n) is 4.89. The topological polar surface area (TPSA) is 65.0 Å². The van der Waals surface area contributed by atoms with E-state index in [9.17, 15) is 12.8 Å². The van der Waals surface area contributed by atoms with Crippen LogP contribution in [0.3, 0.4) is 0 Å². The Labute approximate surface area is 210 Å². The maximum absolute atomic E-state index is 15.3. The third-order valence-corrected chi connectivity index (χ3v) is 9.97. The van der Waals surface area contributed by atoms with Gasteiger partial charge in [-0.1, -0.05) is 60.7 Å². The molecule has 0 aromatic heterocycles. The zero-order valence-corrected chi connectivity index (χ0v) is 21.3. The summed E-state index contributed by atoms with van der Waals surface area (Å²) in [7, 11) is -2.74. The van der Waals surface area contributed by atoms with Crippen LogP contribution in [0.4, 0.5) is 8.78 Å². The average Bonchev–Trinajstić information content (AvgIpc) is 2.86. The molecule has 0 aliphatic carbocycles. The molecule has 2 unspecified atom stereocenters. The summed E-state index contributed by atoms with van der Waals surface area (Å²) in [5, 5.41) is -1.28. The molecule has 190 valence electrons. The van der Waals surface area contributed by atoms with Crippen molar-refractivity contribution in [1.82, 2.24) is 0 Å². The number of methoxy groups -OCH3 is 1. The lowest BCUT2D eigenvalue weighted by Crippen LogP contribution is -2.60. The number of halogens is 2. The van der Waals surface area contributed by atoms with Gasteiger partial charge in [0.05, 0.1) is 19.8 Å². The van der Waals surface area contributed by atoms with Gasteiger partial charge in [-0.3, -0.25) is 4.99 Å². The first-order valence-corrected chi connectivity index (χ1v) is 13.1. The highest BCUT2D eigenvalue weighted by Crippen LogP contribution is 2.48. The Balaban J connectivity index is 1.91. The Morgan fingerprint density at radius 3 is 2.22 bits per heavy atom. The first-order chi connectivity index (χ1) is 17.2. The molecule has 0 radical (unpaired) electrons. The average molecular weight is 514 g/mol. The monoisotopic (exact) mass is 513 g/mol. The van der Waals surface area contributed by atoms with E-state index in [1.54, 1.807) is 26.0 Å². The van der Waals surface area contributed by atoms with Crippen molar-refractivity contribution < 1.29 is 26.7 Å². The molecule has 0 saturated carbocycles. The summed E-state index contributed by atoms with van der Waals surface area (Å²) in [5.41, 5.74) is 0.0364. The summed E-state index contributed by atoms with van der Waals surface area (Å²) >= 11 is 0. The molecule has 0 amide bonds. The number of hydrogen-bond acceptors (Lipinski definition) is 5. The molecule has 1 heterocycles. The van der Waals surface area contributed by atoms with Crippen LogP contribution < -0.4 is 0 Å². The third-order valence-electron chi connectivity index (χ3n) is 7.02. The molecule has 36 heavy (non-hydrogen) atoms. The van der Waals surface area contributed by atoms with Crippen molar-refractivity contribution in [2.75, 3.05) is 20.3 Å². The maximum Gasteiger partial charge on any atom is 0.173 e. The molecule has 1 aliphatic rings. The SMILES string of the molecule is COCC1[C@@](COCc2ccccc2)(c2ccccc2F)N=C(C)C(C)(c2ccc(F)cc2)S1(=O)=O. The second kappa shape index (κ2) is 10.2. The Morgan fingerprint density at radius 2 is 1.58 bits per heavy atom. The van der Waals surface area contributed by atoms with Crippen LogP contribution in [0.25, 0.3) is 0 Å². The van der Waals surface area contributed by atoms with Crippen molar-refractivity contribution in [3.8, 4) is 0 Å². The maximum atomic E-state index is 15.3. The first kappa shape index (κ1) is 26.1. The van der Waals surface area contributed by atoms with Crippen LogP contribution in [0.1, 0.15) is 30.5 Å². The van der Waals surface area contributed by atoms with Gasteiger partial charge in [0.2, 0.25) is 0 Å². The highest BCUT2D eigenvalue weighted by Gasteiger charge is 2.61. The molecule has 3 atom stereocenters. The van der Waals surface area contributed by atoms with Crippen molar-refractivity contribution in [2.45, 2.75) is 36.0 Å². The molecule has 0 N–H and O–H groups in total. The Morgan fingerprint density at radius 1 is 0.944 bits per heavy atom. The lowest BCUT2D eigenvalue weighted by Gasteiger charge is -2.47. The van der Waals surface area contributed by atoms with Gasteiger partial charge in [-0.15, -0.1) is 0 Å². The minimum Gasteiger partial charge on any atom is -0.383 e. The van der Waals surface area contributed by atoms with Crippen LogP contribution in [0.5, 0.6) is 0 Å². The molecule has 3 aromatic rings. The van der Waals surface area contributed by atoms with Gasteiger partial charge in [0.1, 0.15) is 27.2 Å². The highest BCUT2D eigenvalue weighted by atomic mass is 32.2. The van der Waals surface area contributed by atoms with Crippen molar-refractivity contribution in [1.29, 1.82) is 0 Å². The molecule has 0 bridgehead atoms. The molecular formula is C28H29F2NO4S. The number of hydrogen-bond donors (Lipinski definition) is 0. The van der Waals surface area contributed by atoms with E-state index in [-0.39, 0.29) is 31.1 Å². The molecule has 8 heteroatoms. The Bertz CT molecular complexity index is 1350. The van der Waals surface area contributed by atoms with Crippen LogP contribution in [-0.2, 0) is 36.2 Å². The fourth-order valence-corrected chi connectivity index (χ4v) is 7.46. The van der Waals surface area contributed by atoms with Crippen LogP contribution in [-0.4, -0.2) is 39.7 Å². The summed E-state index contributed by atoms with van der Waals surface area (Å²) < 4.78 is 67.7. The van der Waals surface area contributed by atoms with Crippen molar-refractivity contribution in [3.63, 3.8) is 0 Å². The van der Waals surface area contributed by atoms with E-state index >= 15 is 4.39 Å². The fraction of sp³-hybridized carbons (Fsp3) is 0.321. The van der Waals surface area contributed by atoms with Gasteiger partial charge in [-0.05, 0) is 43.2 Å². The van der Waals surface area contributed by atoms with Crippen molar-refractivity contribution >= 4 is 15.5 Å². The van der Waals surface area contributed by atoms with Gasteiger partial charge in [-0.2, -0.15) is 0 Å². The van der Waals surface area contributed by atoms with Gasteiger partial charge < -0.3 is 9.47 Å². The van der Waals surface area contributed by atoms with E-state index in [1.165, 1.54) is 43.5 Å². The van der Waals surface area contributed by atoms with Crippen molar-refractivity contribution in [3.05, 3.63) is 107 Å². The second-order valence-electron chi connectivity index (χ2n) is 9.11. The predicted octanol–water partition coefficient (Wildman–Crippen LogP) is 5.20. The number of sulfone groups is 1. The Hall–Kier alpha value is -2.94. The number of nitrogens with zero attached hydrogens (tertiary/aromatic N) is 1. The molecule has 0 fully saturated rings. The van der Waals surface area contributed by atoms with E-state index in [1.807, 2.05) is 30.3 Å². The predicted molar refractivity (Wildman–Crippen MR) is 136 cm³/mol. The number of benzene rings is 3. The summed E-state index contributed by atoms with van der Waals surface area (Å²) in [6.07, 6.45) is 0. The van der Waals surface area contributed by atoms with Crippen LogP contribution >= 0.6 is 0 Å². The van der Waals surface area contributed by atoms with Gasteiger partial charge in [0.25, 0.3) is 0 Å². The van der Waals surface area contributed by atoms with E-state index in [2.05, 4.69) is 0 Å². The minimum atomic E-state index is -4.13. The number of ether oxygens (including phenoxy) is 2. The zero-order valence-electron chi connectivity index (χ0n) is 20.4. The van der Waals surface area contributed by atoms with Gasteiger partial charge in [0, 0.05) is 18.4 Å². The van der Waals surface area contributed by atoms with Gasteiger partial charge in [0.15, 0.2) is 9.84 Å². The standard InChI is InChI=1S/C28H29F2NO4S/c1-20-27(2,22-13-15-23(29)16-14-22)36(32,33)26(18-34-3)28(31-20,24-11-7-8-12-25(24)30)19-35-17-21-9-5-4-6-10-21/h4-16,26H,17-19H2,1-3H3/t26?,27?,28-/m1/s1. The second-order valence-corrected chi connectivity index (χ2v) is 11.6. The lowest BCUT2D eigenvalue weighted by molar-refractivity contribution is 0.0550. The first-order valence-electron chi connectivity index (χ1n) is 11.6. The lowest BCUT2D eigenvalue weighted by atomic mass is 9.85. The molecular weight excluding hydrogens is 484 g/mol. The molecule has 5 nitrogen and oxygen atoms in total. The summed E-state index contributed by atoms with van der Waals surface area (Å²) in [6, 6.07) is 20.7. The molecule has 0 saturated heterocycles. The normalized spacial score (nSPS) is 25.4. The van der Waals surface area contributed by atoms with Gasteiger partial charge >= 0.3 is 0 Å². The van der Waals surface area contributed by atoms with E-state index < -0.39 is 37.0 Å². The smallest absolute Gasteiger partial charge is 0.173 e.